The number of halogens is 1. The fourth-order valence-corrected chi connectivity index (χ4v) is 2.40. The van der Waals surface area contributed by atoms with Gasteiger partial charge in [-0.2, -0.15) is 0 Å². The number of hydrogen-bond acceptors (Lipinski definition) is 6. The van der Waals surface area contributed by atoms with Crippen molar-refractivity contribution in [1.82, 2.24) is 0 Å². The van der Waals surface area contributed by atoms with E-state index in [4.69, 9.17) is 21.1 Å². The molecule has 0 unspecified atom stereocenters. The highest BCUT2D eigenvalue weighted by Gasteiger charge is 2.19. The minimum Gasteiger partial charge on any atom is -0.493 e. The second kappa shape index (κ2) is 7.46. The molecular formula is C12H16ClNO6S. The highest BCUT2D eigenvalue weighted by Crippen LogP contribution is 2.35. The molecule has 9 heteroatoms. The molecule has 0 aliphatic heterocycles. The summed E-state index contributed by atoms with van der Waals surface area (Å²) in [6.07, 6.45) is 0. The molecule has 1 rings (SSSR count). The predicted octanol–water partition coefficient (Wildman–Crippen LogP) is 2.16. The largest absolute Gasteiger partial charge is 0.493 e. The van der Waals surface area contributed by atoms with Crippen LogP contribution in [0.2, 0.25) is 0 Å². The average Bonchev–Trinajstić information content (AvgIpc) is 2.46. The molecule has 1 aromatic rings. The molecule has 0 radical (unpaired) electrons. The molecule has 0 aliphatic carbocycles. The number of hydrogen-bond donors (Lipinski definition) is 0. The maximum atomic E-state index is 11.4. The summed E-state index contributed by atoms with van der Waals surface area (Å²) in [5, 5.41) is 11.0. The maximum Gasteiger partial charge on any atom is 0.277 e. The van der Waals surface area contributed by atoms with Crippen molar-refractivity contribution in [2.75, 3.05) is 25.2 Å². The van der Waals surface area contributed by atoms with Crippen LogP contribution in [0.1, 0.15) is 12.5 Å². The van der Waals surface area contributed by atoms with Crippen LogP contribution in [0.25, 0.3) is 0 Å². The fourth-order valence-electron chi connectivity index (χ4n) is 1.56. The zero-order chi connectivity index (χ0) is 16.0. The van der Waals surface area contributed by atoms with Crippen LogP contribution in [0.5, 0.6) is 11.5 Å². The van der Waals surface area contributed by atoms with E-state index in [1.807, 2.05) is 0 Å². The molecule has 0 atom stereocenters. The Labute approximate surface area is 127 Å². The van der Waals surface area contributed by atoms with Gasteiger partial charge in [0.1, 0.15) is 6.61 Å². The molecule has 0 aliphatic rings. The maximum absolute atomic E-state index is 11.4. The average molecular weight is 338 g/mol. The summed E-state index contributed by atoms with van der Waals surface area (Å²) in [5.74, 6) is 0.183. The van der Waals surface area contributed by atoms with Gasteiger partial charge < -0.3 is 9.47 Å². The molecule has 0 saturated carbocycles. The fraction of sp³-hybridized carbons (Fsp3) is 0.500. The molecule has 0 amide bonds. The van der Waals surface area contributed by atoms with Gasteiger partial charge in [-0.15, -0.1) is 11.6 Å². The van der Waals surface area contributed by atoms with E-state index in [0.29, 0.717) is 5.56 Å². The van der Waals surface area contributed by atoms with E-state index in [-0.39, 0.29) is 41.2 Å². The number of alkyl halides is 1. The van der Waals surface area contributed by atoms with Gasteiger partial charge in [-0.25, -0.2) is 8.42 Å². The summed E-state index contributed by atoms with van der Waals surface area (Å²) >= 11 is 5.66. The second-order valence-corrected chi connectivity index (χ2v) is 6.85. The van der Waals surface area contributed by atoms with Crippen LogP contribution in [-0.2, 0) is 15.7 Å². The Morgan fingerprint density at radius 2 is 2.00 bits per heavy atom. The quantitative estimate of drug-likeness (QED) is 0.409. The number of nitro groups is 1. The van der Waals surface area contributed by atoms with Gasteiger partial charge in [-0.1, -0.05) is 6.92 Å². The van der Waals surface area contributed by atoms with Crippen molar-refractivity contribution in [3.05, 3.63) is 27.8 Å². The molecule has 118 valence electrons. The van der Waals surface area contributed by atoms with Crippen LogP contribution in [-0.4, -0.2) is 38.6 Å². The van der Waals surface area contributed by atoms with Crippen molar-refractivity contribution in [2.45, 2.75) is 12.8 Å². The molecule has 0 saturated heterocycles. The van der Waals surface area contributed by atoms with Gasteiger partial charge >= 0.3 is 0 Å². The lowest BCUT2D eigenvalue weighted by atomic mass is 10.2. The second-order valence-electron chi connectivity index (χ2n) is 4.11. The van der Waals surface area contributed by atoms with Crippen molar-refractivity contribution < 1.29 is 22.8 Å². The number of sulfone groups is 1. The topological polar surface area (TPSA) is 95.7 Å². The van der Waals surface area contributed by atoms with Crippen LogP contribution < -0.4 is 9.47 Å². The first kappa shape index (κ1) is 17.5. The highest BCUT2D eigenvalue weighted by atomic mass is 35.5. The van der Waals surface area contributed by atoms with Gasteiger partial charge in [-0.05, 0) is 6.07 Å². The van der Waals surface area contributed by atoms with E-state index in [0.717, 1.165) is 0 Å². The minimum atomic E-state index is -3.17. The van der Waals surface area contributed by atoms with Crippen molar-refractivity contribution in [1.29, 1.82) is 0 Å². The minimum absolute atomic E-state index is 0.0127. The van der Waals surface area contributed by atoms with E-state index in [9.17, 15) is 18.5 Å². The Bertz CT molecular complexity index is 616. The Kier molecular flexibility index (Phi) is 6.22. The molecule has 0 bridgehead atoms. The molecular weight excluding hydrogens is 322 g/mol. The number of rotatable bonds is 8. The summed E-state index contributed by atoms with van der Waals surface area (Å²) < 4.78 is 33.1. The Balaban J connectivity index is 3.00. The summed E-state index contributed by atoms with van der Waals surface area (Å²) in [7, 11) is -1.79. The normalized spacial score (nSPS) is 11.2. The zero-order valence-electron chi connectivity index (χ0n) is 11.7. The summed E-state index contributed by atoms with van der Waals surface area (Å²) in [6.45, 7) is 1.43. The van der Waals surface area contributed by atoms with E-state index in [1.54, 1.807) is 0 Å². The Morgan fingerprint density at radius 1 is 1.33 bits per heavy atom. The SMILES string of the molecule is CCS(=O)(=O)CCOc1cc([N+](=O)[O-])c(CCl)cc1OC. The van der Waals surface area contributed by atoms with E-state index in [1.165, 1.54) is 26.2 Å². The smallest absolute Gasteiger partial charge is 0.277 e. The lowest BCUT2D eigenvalue weighted by molar-refractivity contribution is -0.385. The van der Waals surface area contributed by atoms with Gasteiger partial charge in [0.05, 0.1) is 29.7 Å². The molecule has 0 spiro atoms. The van der Waals surface area contributed by atoms with Crippen LogP contribution in [0, 0.1) is 10.1 Å². The molecule has 0 N–H and O–H groups in total. The van der Waals surface area contributed by atoms with Gasteiger partial charge in [0, 0.05) is 11.3 Å². The summed E-state index contributed by atoms with van der Waals surface area (Å²) in [4.78, 5) is 10.4. The first-order chi connectivity index (χ1) is 9.84. The van der Waals surface area contributed by atoms with E-state index >= 15 is 0 Å². The Hall–Kier alpha value is -1.54. The van der Waals surface area contributed by atoms with Crippen LogP contribution in [0.15, 0.2) is 12.1 Å². The zero-order valence-corrected chi connectivity index (χ0v) is 13.2. The number of nitro benzene ring substituents is 1. The molecule has 21 heavy (non-hydrogen) atoms. The number of nitrogens with zero attached hydrogens (tertiary/aromatic N) is 1. The Morgan fingerprint density at radius 3 is 2.48 bits per heavy atom. The van der Waals surface area contributed by atoms with Gasteiger partial charge in [0.15, 0.2) is 21.3 Å². The first-order valence-corrected chi connectivity index (χ1v) is 8.44. The van der Waals surface area contributed by atoms with Crippen LogP contribution in [0.4, 0.5) is 5.69 Å². The monoisotopic (exact) mass is 337 g/mol. The number of methoxy groups -OCH3 is 1. The van der Waals surface area contributed by atoms with Crippen molar-refractivity contribution in [3.63, 3.8) is 0 Å². The van der Waals surface area contributed by atoms with Gasteiger partial charge in [-0.3, -0.25) is 10.1 Å². The highest BCUT2D eigenvalue weighted by molar-refractivity contribution is 7.91. The van der Waals surface area contributed by atoms with E-state index in [2.05, 4.69) is 0 Å². The molecule has 0 heterocycles. The van der Waals surface area contributed by atoms with Crippen molar-refractivity contribution in [2.24, 2.45) is 0 Å². The molecule has 1 aromatic carbocycles. The van der Waals surface area contributed by atoms with Crippen LogP contribution >= 0.6 is 11.6 Å². The lowest BCUT2D eigenvalue weighted by Gasteiger charge is -2.12. The summed E-state index contributed by atoms with van der Waals surface area (Å²) in [5.41, 5.74) is 0.103. The van der Waals surface area contributed by atoms with E-state index < -0.39 is 14.8 Å². The molecule has 7 nitrogen and oxygen atoms in total. The number of benzene rings is 1. The molecule has 0 fully saturated rings. The third-order valence-electron chi connectivity index (χ3n) is 2.80. The molecule has 0 aromatic heterocycles. The third kappa shape index (κ3) is 4.75. The lowest BCUT2D eigenvalue weighted by Crippen LogP contribution is -2.16. The van der Waals surface area contributed by atoms with Gasteiger partial charge in [0.25, 0.3) is 5.69 Å². The van der Waals surface area contributed by atoms with Crippen molar-refractivity contribution in [3.8, 4) is 11.5 Å². The first-order valence-electron chi connectivity index (χ1n) is 6.09. The van der Waals surface area contributed by atoms with Gasteiger partial charge in [0.2, 0.25) is 0 Å². The predicted molar refractivity (Wildman–Crippen MR) is 79.0 cm³/mol. The number of ether oxygens (including phenoxy) is 2. The summed E-state index contributed by atoms with van der Waals surface area (Å²) in [6, 6.07) is 2.60. The van der Waals surface area contributed by atoms with Crippen LogP contribution in [0.3, 0.4) is 0 Å². The van der Waals surface area contributed by atoms with Crippen molar-refractivity contribution >= 4 is 27.1 Å². The third-order valence-corrected chi connectivity index (χ3v) is 4.75. The standard InChI is InChI=1S/C12H16ClNO6S/c1-3-21(17,18)5-4-20-12-7-10(14(15)16)9(8-13)6-11(12)19-2/h6-7H,3-5,8H2,1-2H3.